The van der Waals surface area contributed by atoms with E-state index >= 15 is 0 Å². The van der Waals surface area contributed by atoms with Crippen LogP contribution in [0.25, 0.3) is 0 Å². The van der Waals surface area contributed by atoms with Gasteiger partial charge in [0.15, 0.2) is 0 Å². The molecule has 0 amide bonds. The molecule has 104 valence electrons. The summed E-state index contributed by atoms with van der Waals surface area (Å²) in [4.78, 5) is 0. The van der Waals surface area contributed by atoms with Gasteiger partial charge in [0.1, 0.15) is 5.25 Å². The summed E-state index contributed by atoms with van der Waals surface area (Å²) in [7, 11) is 0.269. The van der Waals surface area contributed by atoms with E-state index in [0.29, 0.717) is 13.2 Å². The highest BCUT2D eigenvalue weighted by atomic mass is 32.2. The Balaban J connectivity index is 1.75. The molecule has 3 fully saturated rings. The van der Waals surface area contributed by atoms with Crippen molar-refractivity contribution in [1.29, 1.82) is 0 Å². The van der Waals surface area contributed by atoms with Crippen molar-refractivity contribution in [3.8, 4) is 0 Å². The third-order valence-corrected chi connectivity index (χ3v) is 7.35. The van der Waals surface area contributed by atoms with Crippen molar-refractivity contribution in [3.63, 3.8) is 0 Å². The fourth-order valence-corrected chi connectivity index (χ4v) is 5.26. The molecular formula is C12H21NO4S. The minimum atomic E-state index is -3.19. The third-order valence-electron chi connectivity index (χ3n) is 5.18. The molecule has 2 atom stereocenters. The predicted molar refractivity (Wildman–Crippen MR) is 66.8 cm³/mol. The van der Waals surface area contributed by atoms with Gasteiger partial charge < -0.3 is 9.47 Å². The minimum absolute atomic E-state index is 0.0984. The van der Waals surface area contributed by atoms with E-state index < -0.39 is 10.0 Å². The number of sulfonamides is 1. The first-order valence-corrected chi connectivity index (χ1v) is 8.10. The zero-order chi connectivity index (χ0) is 13.0. The Labute approximate surface area is 108 Å². The zero-order valence-corrected chi connectivity index (χ0v) is 11.8. The zero-order valence-electron chi connectivity index (χ0n) is 11.0. The SMILES string of the molecule is COC1CC(N(C)S(=O)(=O)C2COC2)C12CCC2. The van der Waals surface area contributed by atoms with Crippen molar-refractivity contribution in [2.75, 3.05) is 27.4 Å². The van der Waals surface area contributed by atoms with E-state index in [1.807, 2.05) is 0 Å². The average molecular weight is 275 g/mol. The highest BCUT2D eigenvalue weighted by Crippen LogP contribution is 2.59. The molecule has 1 aliphatic heterocycles. The van der Waals surface area contributed by atoms with Crippen molar-refractivity contribution >= 4 is 10.0 Å². The van der Waals surface area contributed by atoms with Gasteiger partial charge in [-0.05, 0) is 19.3 Å². The van der Waals surface area contributed by atoms with Gasteiger partial charge in [-0.3, -0.25) is 0 Å². The average Bonchev–Trinajstić information content (AvgIpc) is 2.10. The first-order chi connectivity index (χ1) is 8.52. The number of hydrogen-bond donors (Lipinski definition) is 0. The van der Waals surface area contributed by atoms with Crippen LogP contribution in [0.15, 0.2) is 0 Å². The van der Waals surface area contributed by atoms with Gasteiger partial charge in [0.05, 0.1) is 19.3 Å². The molecule has 0 aromatic rings. The highest BCUT2D eigenvalue weighted by Gasteiger charge is 2.62. The molecule has 18 heavy (non-hydrogen) atoms. The van der Waals surface area contributed by atoms with Gasteiger partial charge in [0, 0.05) is 25.6 Å². The minimum Gasteiger partial charge on any atom is -0.381 e. The summed E-state index contributed by atoms with van der Waals surface area (Å²) in [6, 6.07) is 0.127. The lowest BCUT2D eigenvalue weighted by atomic mass is 9.51. The maximum absolute atomic E-state index is 12.4. The molecule has 0 aromatic heterocycles. The van der Waals surface area contributed by atoms with Crippen LogP contribution in [0.3, 0.4) is 0 Å². The van der Waals surface area contributed by atoms with Gasteiger partial charge in [0.25, 0.3) is 0 Å². The van der Waals surface area contributed by atoms with Gasteiger partial charge in [-0.25, -0.2) is 12.7 Å². The largest absolute Gasteiger partial charge is 0.381 e. The topological polar surface area (TPSA) is 55.8 Å². The third kappa shape index (κ3) is 1.52. The summed E-state index contributed by atoms with van der Waals surface area (Å²) in [5.41, 5.74) is 0.0984. The van der Waals surface area contributed by atoms with E-state index in [1.165, 1.54) is 6.42 Å². The molecule has 1 heterocycles. The fourth-order valence-electron chi connectivity index (χ4n) is 3.61. The molecule has 0 N–H and O–H groups in total. The maximum atomic E-state index is 12.4. The first kappa shape index (κ1) is 12.8. The second kappa shape index (κ2) is 4.16. The Morgan fingerprint density at radius 1 is 1.33 bits per heavy atom. The summed E-state index contributed by atoms with van der Waals surface area (Å²) < 4.78 is 36.9. The van der Waals surface area contributed by atoms with Crippen LogP contribution in [0.1, 0.15) is 25.7 Å². The Morgan fingerprint density at radius 2 is 2.00 bits per heavy atom. The van der Waals surface area contributed by atoms with Crippen molar-refractivity contribution in [3.05, 3.63) is 0 Å². The second-order valence-electron chi connectivity index (χ2n) is 5.78. The molecule has 0 aromatic carbocycles. The van der Waals surface area contributed by atoms with Gasteiger partial charge in [-0.15, -0.1) is 0 Å². The summed E-state index contributed by atoms with van der Waals surface area (Å²) in [5, 5.41) is -0.332. The number of ether oxygens (including phenoxy) is 2. The van der Waals surface area contributed by atoms with Gasteiger partial charge >= 0.3 is 0 Å². The van der Waals surface area contributed by atoms with Crippen molar-refractivity contribution in [2.24, 2.45) is 5.41 Å². The molecule has 1 saturated heterocycles. The van der Waals surface area contributed by atoms with Crippen LogP contribution in [0.4, 0.5) is 0 Å². The molecule has 6 heteroatoms. The Bertz CT molecular complexity index is 427. The normalized spacial score (nSPS) is 35.1. The Morgan fingerprint density at radius 3 is 2.39 bits per heavy atom. The lowest BCUT2D eigenvalue weighted by Crippen LogP contribution is -2.68. The molecule has 1 spiro atoms. The number of rotatable bonds is 4. The van der Waals surface area contributed by atoms with Crippen molar-refractivity contribution in [1.82, 2.24) is 4.31 Å². The number of nitrogens with zero attached hydrogens (tertiary/aromatic N) is 1. The van der Waals surface area contributed by atoms with E-state index in [0.717, 1.165) is 19.3 Å². The van der Waals surface area contributed by atoms with Gasteiger partial charge in [0.2, 0.25) is 10.0 Å². The van der Waals surface area contributed by atoms with E-state index in [1.54, 1.807) is 18.5 Å². The standard InChI is InChI=1S/C12H21NO4S/c1-13(18(14,15)9-7-17-8-9)10-6-11(16-2)12(10)4-3-5-12/h9-11H,3-8H2,1-2H3. The van der Waals surface area contributed by atoms with Crippen LogP contribution < -0.4 is 0 Å². The molecule has 2 unspecified atom stereocenters. The molecule has 3 aliphatic rings. The summed E-state index contributed by atoms with van der Waals surface area (Å²) >= 11 is 0. The summed E-state index contributed by atoms with van der Waals surface area (Å²) in [5.74, 6) is 0. The monoisotopic (exact) mass is 275 g/mol. The molecule has 3 rings (SSSR count). The second-order valence-corrected chi connectivity index (χ2v) is 8.06. The summed E-state index contributed by atoms with van der Waals surface area (Å²) in [6.45, 7) is 0.695. The van der Waals surface area contributed by atoms with Crippen molar-refractivity contribution < 1.29 is 17.9 Å². The number of methoxy groups -OCH3 is 1. The van der Waals surface area contributed by atoms with Crippen LogP contribution in [-0.2, 0) is 19.5 Å². The van der Waals surface area contributed by atoms with E-state index in [4.69, 9.17) is 9.47 Å². The number of hydrogen-bond acceptors (Lipinski definition) is 4. The predicted octanol–water partition coefficient (Wildman–Crippen LogP) is 0.604. The first-order valence-electron chi connectivity index (χ1n) is 6.60. The lowest BCUT2D eigenvalue weighted by Gasteiger charge is -2.62. The lowest BCUT2D eigenvalue weighted by molar-refractivity contribution is -0.177. The van der Waals surface area contributed by atoms with Crippen molar-refractivity contribution in [2.45, 2.75) is 43.1 Å². The smallest absolute Gasteiger partial charge is 0.221 e. The highest BCUT2D eigenvalue weighted by molar-refractivity contribution is 7.89. The van der Waals surface area contributed by atoms with Crippen LogP contribution in [-0.4, -0.2) is 57.5 Å². The molecule has 0 radical (unpaired) electrons. The Kier molecular flexibility index (Phi) is 2.97. The maximum Gasteiger partial charge on any atom is 0.221 e. The molecule has 5 nitrogen and oxygen atoms in total. The molecular weight excluding hydrogens is 254 g/mol. The van der Waals surface area contributed by atoms with Crippen LogP contribution in [0.5, 0.6) is 0 Å². The molecule has 0 bridgehead atoms. The van der Waals surface area contributed by atoms with Crippen LogP contribution in [0.2, 0.25) is 0 Å². The quantitative estimate of drug-likeness (QED) is 0.754. The van der Waals surface area contributed by atoms with E-state index in [9.17, 15) is 8.42 Å². The van der Waals surface area contributed by atoms with Gasteiger partial charge in [-0.1, -0.05) is 6.42 Å². The van der Waals surface area contributed by atoms with E-state index in [-0.39, 0.29) is 22.8 Å². The Hall–Kier alpha value is -0.170. The fraction of sp³-hybridized carbons (Fsp3) is 1.00. The van der Waals surface area contributed by atoms with Gasteiger partial charge in [-0.2, -0.15) is 0 Å². The molecule has 2 aliphatic carbocycles. The van der Waals surface area contributed by atoms with Crippen LogP contribution >= 0.6 is 0 Å². The molecule has 2 saturated carbocycles. The van der Waals surface area contributed by atoms with Crippen LogP contribution in [0, 0.1) is 5.41 Å². The van der Waals surface area contributed by atoms with E-state index in [2.05, 4.69) is 0 Å². The summed E-state index contributed by atoms with van der Waals surface area (Å²) in [6.07, 6.45) is 4.46.